The molecule has 0 spiro atoms. The smallest absolute Gasteiger partial charge is 0.275 e. The lowest BCUT2D eigenvalue weighted by Crippen LogP contribution is -3.16. The molecule has 6 heteroatoms. The van der Waals surface area contributed by atoms with Gasteiger partial charge in [0, 0.05) is 18.4 Å². The molecule has 1 aromatic heterocycles. The Morgan fingerprint density at radius 3 is 2.67 bits per heavy atom. The van der Waals surface area contributed by atoms with Gasteiger partial charge in [-0.2, -0.15) is 0 Å². The minimum absolute atomic E-state index is 0.209. The summed E-state index contributed by atoms with van der Waals surface area (Å²) in [5.74, 6) is 2.31. The number of nitrogens with zero attached hydrogens (tertiary/aromatic N) is 3. The number of piperazine rings is 1. The van der Waals surface area contributed by atoms with Crippen molar-refractivity contribution >= 4 is 11.9 Å². The third-order valence-electron chi connectivity index (χ3n) is 5.77. The summed E-state index contributed by atoms with van der Waals surface area (Å²) in [6, 6.07) is 2.20. The van der Waals surface area contributed by atoms with Crippen LogP contribution in [0.5, 0.6) is 0 Å². The molecule has 2 heterocycles. The van der Waals surface area contributed by atoms with E-state index in [1.807, 2.05) is 6.07 Å². The fraction of sp³-hybridized carbons (Fsp3) is 0.722. The summed E-state index contributed by atoms with van der Waals surface area (Å²) < 4.78 is 0. The third kappa shape index (κ3) is 4.23. The average molecular weight is 332 g/mol. The molecule has 1 aromatic rings. The normalized spacial score (nSPS) is 28.6. The van der Waals surface area contributed by atoms with Crippen LogP contribution in [0.15, 0.2) is 18.5 Å². The van der Waals surface area contributed by atoms with Crippen molar-refractivity contribution in [1.82, 2.24) is 15.3 Å². The number of quaternary nitrogens is 1. The zero-order valence-electron chi connectivity index (χ0n) is 14.9. The van der Waals surface area contributed by atoms with Gasteiger partial charge in [0.15, 0.2) is 6.54 Å². The molecule has 0 unspecified atom stereocenters. The summed E-state index contributed by atoms with van der Waals surface area (Å²) in [4.78, 5) is 24.6. The van der Waals surface area contributed by atoms with Gasteiger partial charge in [0.05, 0.1) is 26.2 Å². The van der Waals surface area contributed by atoms with E-state index >= 15 is 0 Å². The second-order valence-electron chi connectivity index (χ2n) is 7.40. The van der Waals surface area contributed by atoms with Crippen molar-refractivity contribution < 1.29 is 9.69 Å². The van der Waals surface area contributed by atoms with Gasteiger partial charge in [-0.3, -0.25) is 4.79 Å². The summed E-state index contributed by atoms with van der Waals surface area (Å²) in [6.45, 7) is 8.90. The van der Waals surface area contributed by atoms with E-state index in [0.717, 1.165) is 38.5 Å². The second kappa shape index (κ2) is 7.92. The first-order valence-electron chi connectivity index (χ1n) is 9.28. The molecule has 0 bridgehead atoms. The largest absolute Gasteiger partial charge is 0.348 e. The lowest BCUT2D eigenvalue weighted by Gasteiger charge is -2.35. The summed E-state index contributed by atoms with van der Waals surface area (Å²) >= 11 is 0. The Morgan fingerprint density at radius 1 is 1.25 bits per heavy atom. The van der Waals surface area contributed by atoms with E-state index in [2.05, 4.69) is 34.0 Å². The predicted octanol–water partition coefficient (Wildman–Crippen LogP) is 0.122. The van der Waals surface area contributed by atoms with Gasteiger partial charge in [-0.1, -0.05) is 26.7 Å². The molecule has 1 aliphatic carbocycles. The molecule has 6 nitrogen and oxygen atoms in total. The highest BCUT2D eigenvalue weighted by atomic mass is 16.2. The molecular formula is C18H30N5O+. The first-order valence-corrected chi connectivity index (χ1v) is 9.28. The minimum Gasteiger partial charge on any atom is -0.348 e. The van der Waals surface area contributed by atoms with Crippen LogP contribution in [0.2, 0.25) is 0 Å². The van der Waals surface area contributed by atoms with Crippen LogP contribution in [0.1, 0.15) is 33.1 Å². The van der Waals surface area contributed by atoms with E-state index in [9.17, 15) is 4.79 Å². The van der Waals surface area contributed by atoms with Gasteiger partial charge < -0.3 is 15.1 Å². The van der Waals surface area contributed by atoms with Crippen molar-refractivity contribution in [2.75, 3.05) is 37.6 Å². The van der Waals surface area contributed by atoms with Crippen LogP contribution in [-0.2, 0) is 4.79 Å². The van der Waals surface area contributed by atoms with Gasteiger partial charge in [0.2, 0.25) is 5.95 Å². The number of amides is 1. The maximum Gasteiger partial charge on any atom is 0.275 e. The Kier molecular flexibility index (Phi) is 5.66. The molecule has 2 fully saturated rings. The lowest BCUT2D eigenvalue weighted by molar-refractivity contribution is -0.892. The number of anilines is 1. The maximum atomic E-state index is 12.4. The number of aromatic nitrogens is 2. The van der Waals surface area contributed by atoms with E-state index in [1.54, 1.807) is 12.4 Å². The summed E-state index contributed by atoms with van der Waals surface area (Å²) in [5, 5.41) is 3.29. The van der Waals surface area contributed by atoms with Gasteiger partial charge in [-0.05, 0) is 24.3 Å². The Balaban J connectivity index is 1.43. The summed E-state index contributed by atoms with van der Waals surface area (Å²) in [7, 11) is 0. The first kappa shape index (κ1) is 17.1. The van der Waals surface area contributed by atoms with Gasteiger partial charge in [-0.25, -0.2) is 9.97 Å². The van der Waals surface area contributed by atoms with E-state index in [0.29, 0.717) is 24.4 Å². The summed E-state index contributed by atoms with van der Waals surface area (Å²) in [6.07, 6.45) is 7.22. The van der Waals surface area contributed by atoms with E-state index in [4.69, 9.17) is 0 Å². The lowest BCUT2D eigenvalue weighted by atomic mass is 9.78. The van der Waals surface area contributed by atoms with Crippen LogP contribution in [0, 0.1) is 11.8 Å². The number of nitrogens with one attached hydrogen (secondary N) is 2. The standard InChI is InChI=1S/C18H29N5O/c1-14-5-3-6-16(15(14)2)21-17(24)13-22-9-11-23(12-10-22)18-19-7-4-8-20-18/h4,7-8,14-16H,3,5-6,9-13H2,1-2H3,(H,21,24)/p+1/t14-,15+,16+/m0/s1. The van der Waals surface area contributed by atoms with Crippen molar-refractivity contribution in [2.24, 2.45) is 11.8 Å². The zero-order valence-corrected chi connectivity index (χ0v) is 14.9. The Hall–Kier alpha value is -1.69. The fourth-order valence-corrected chi connectivity index (χ4v) is 3.92. The SMILES string of the molecule is C[C@@H]1[C@@H](C)CCC[C@H]1NC(=O)C[NH+]1CCN(c2ncccn2)CC1. The van der Waals surface area contributed by atoms with Gasteiger partial charge in [-0.15, -0.1) is 0 Å². The van der Waals surface area contributed by atoms with Crippen molar-refractivity contribution in [3.63, 3.8) is 0 Å². The van der Waals surface area contributed by atoms with Crippen molar-refractivity contribution in [2.45, 2.75) is 39.2 Å². The van der Waals surface area contributed by atoms with E-state index in [-0.39, 0.29) is 5.91 Å². The van der Waals surface area contributed by atoms with Crippen LogP contribution in [-0.4, -0.2) is 54.6 Å². The van der Waals surface area contributed by atoms with E-state index in [1.165, 1.54) is 17.7 Å². The molecule has 0 aromatic carbocycles. The fourth-order valence-electron chi connectivity index (χ4n) is 3.92. The molecule has 1 saturated carbocycles. The van der Waals surface area contributed by atoms with Crippen LogP contribution < -0.4 is 15.1 Å². The van der Waals surface area contributed by atoms with Gasteiger partial charge in [0.1, 0.15) is 0 Å². The number of rotatable bonds is 4. The molecule has 3 atom stereocenters. The van der Waals surface area contributed by atoms with E-state index < -0.39 is 0 Å². The number of hydrogen-bond acceptors (Lipinski definition) is 4. The molecule has 1 aliphatic heterocycles. The highest BCUT2D eigenvalue weighted by molar-refractivity contribution is 5.77. The molecule has 2 aliphatic rings. The van der Waals surface area contributed by atoms with Crippen LogP contribution in [0.4, 0.5) is 5.95 Å². The number of hydrogen-bond donors (Lipinski definition) is 2. The molecule has 2 N–H and O–H groups in total. The average Bonchev–Trinajstić information content (AvgIpc) is 2.60. The zero-order chi connectivity index (χ0) is 16.9. The molecule has 132 valence electrons. The topological polar surface area (TPSA) is 62.6 Å². The Labute approximate surface area is 144 Å². The predicted molar refractivity (Wildman–Crippen MR) is 93.9 cm³/mol. The second-order valence-corrected chi connectivity index (χ2v) is 7.40. The molecule has 24 heavy (non-hydrogen) atoms. The maximum absolute atomic E-state index is 12.4. The highest BCUT2D eigenvalue weighted by Gasteiger charge is 2.30. The number of carbonyl (C=O) groups excluding carboxylic acids is 1. The van der Waals surface area contributed by atoms with Crippen molar-refractivity contribution in [1.29, 1.82) is 0 Å². The van der Waals surface area contributed by atoms with Crippen LogP contribution in [0.25, 0.3) is 0 Å². The molecule has 3 rings (SSSR count). The monoisotopic (exact) mass is 332 g/mol. The van der Waals surface area contributed by atoms with Gasteiger partial charge in [0.25, 0.3) is 5.91 Å². The van der Waals surface area contributed by atoms with Gasteiger partial charge >= 0.3 is 0 Å². The molecular weight excluding hydrogens is 302 g/mol. The van der Waals surface area contributed by atoms with Crippen molar-refractivity contribution in [3.8, 4) is 0 Å². The molecule has 1 saturated heterocycles. The van der Waals surface area contributed by atoms with Crippen molar-refractivity contribution in [3.05, 3.63) is 18.5 Å². The molecule has 1 amide bonds. The van der Waals surface area contributed by atoms with Crippen LogP contribution >= 0.6 is 0 Å². The third-order valence-corrected chi connectivity index (χ3v) is 5.77. The quantitative estimate of drug-likeness (QED) is 0.822. The minimum atomic E-state index is 0.209. The molecule has 0 radical (unpaired) electrons. The van der Waals surface area contributed by atoms with Crippen LogP contribution in [0.3, 0.4) is 0 Å². The Bertz CT molecular complexity index is 529. The highest BCUT2D eigenvalue weighted by Crippen LogP contribution is 2.29. The number of carbonyl (C=O) groups is 1. The summed E-state index contributed by atoms with van der Waals surface area (Å²) in [5.41, 5.74) is 0. The Morgan fingerprint density at radius 2 is 1.96 bits per heavy atom. The first-order chi connectivity index (χ1) is 11.6.